The Morgan fingerprint density at radius 1 is 1.15 bits per heavy atom. The van der Waals surface area contributed by atoms with Gasteiger partial charge in [0.1, 0.15) is 5.75 Å². The zero-order valence-corrected chi connectivity index (χ0v) is 15.3. The molecular weight excluding hydrogens is 336 g/mol. The van der Waals surface area contributed by atoms with E-state index in [-0.39, 0.29) is 24.6 Å². The molecule has 1 saturated carbocycles. The van der Waals surface area contributed by atoms with Crippen molar-refractivity contribution >= 4 is 17.8 Å². The lowest BCUT2D eigenvalue weighted by molar-refractivity contribution is -0.150. The maximum atomic E-state index is 12.6. The number of aliphatic carboxylic acids is 1. The number of nitrogens with one attached hydrogen (secondary N) is 1. The predicted molar refractivity (Wildman–Crippen MR) is 96.1 cm³/mol. The molecule has 1 aliphatic rings. The quantitative estimate of drug-likeness (QED) is 0.772. The Kier molecular flexibility index (Phi) is 6.60. The van der Waals surface area contributed by atoms with Crippen molar-refractivity contribution in [2.75, 3.05) is 27.2 Å². The number of amides is 2. The van der Waals surface area contributed by atoms with Crippen LogP contribution >= 0.6 is 0 Å². The minimum Gasteiger partial charge on any atom is -0.483 e. The summed E-state index contributed by atoms with van der Waals surface area (Å²) in [5, 5.41) is 12.4. The lowest BCUT2D eigenvalue weighted by atomic mass is 9.74. The van der Waals surface area contributed by atoms with Crippen molar-refractivity contribution in [1.29, 1.82) is 0 Å². The molecule has 0 aromatic heterocycles. The van der Waals surface area contributed by atoms with Gasteiger partial charge in [-0.25, -0.2) is 0 Å². The van der Waals surface area contributed by atoms with E-state index in [0.717, 1.165) is 19.3 Å². The van der Waals surface area contributed by atoms with Crippen LogP contribution in [0, 0.1) is 5.41 Å². The van der Waals surface area contributed by atoms with Gasteiger partial charge in [0.15, 0.2) is 6.61 Å². The van der Waals surface area contributed by atoms with Crippen LogP contribution in [0.2, 0.25) is 0 Å². The van der Waals surface area contributed by atoms with Gasteiger partial charge in [-0.2, -0.15) is 0 Å². The lowest BCUT2D eigenvalue weighted by Crippen LogP contribution is -2.44. The first-order chi connectivity index (χ1) is 12.4. The monoisotopic (exact) mass is 362 g/mol. The van der Waals surface area contributed by atoms with E-state index in [1.807, 2.05) is 0 Å². The minimum atomic E-state index is -0.898. The van der Waals surface area contributed by atoms with Gasteiger partial charge < -0.3 is 20.1 Å². The second-order valence-electron chi connectivity index (χ2n) is 6.90. The number of carbonyl (C=O) groups is 3. The van der Waals surface area contributed by atoms with Crippen LogP contribution in [-0.4, -0.2) is 55.0 Å². The van der Waals surface area contributed by atoms with Crippen LogP contribution in [-0.2, 0) is 9.59 Å². The number of rotatable bonds is 7. The molecule has 0 spiro atoms. The number of carbonyl (C=O) groups excluding carboxylic acids is 2. The van der Waals surface area contributed by atoms with E-state index in [9.17, 15) is 19.5 Å². The minimum absolute atomic E-state index is 0.0894. The Hall–Kier alpha value is -2.57. The number of hydrogen-bond donors (Lipinski definition) is 2. The van der Waals surface area contributed by atoms with Crippen molar-refractivity contribution in [3.63, 3.8) is 0 Å². The normalized spacial score (nSPS) is 15.8. The molecular formula is C19H26N2O5. The first kappa shape index (κ1) is 19.8. The first-order valence-electron chi connectivity index (χ1n) is 8.79. The first-order valence-corrected chi connectivity index (χ1v) is 8.79. The largest absolute Gasteiger partial charge is 0.483 e. The van der Waals surface area contributed by atoms with E-state index < -0.39 is 17.3 Å². The third kappa shape index (κ3) is 4.74. The fourth-order valence-electron chi connectivity index (χ4n) is 3.09. The number of carboxylic acids is 1. The van der Waals surface area contributed by atoms with Crippen molar-refractivity contribution in [3.8, 4) is 5.75 Å². The SMILES string of the molecule is CN(C)C(=O)COc1ccccc1C(=O)NCC1(C(=O)O)CCCCC1. The summed E-state index contributed by atoms with van der Waals surface area (Å²) in [5.41, 5.74) is -0.611. The highest BCUT2D eigenvalue weighted by atomic mass is 16.5. The van der Waals surface area contributed by atoms with E-state index in [1.165, 1.54) is 4.90 Å². The molecule has 26 heavy (non-hydrogen) atoms. The molecule has 1 aromatic rings. The standard InChI is InChI=1S/C19H26N2O5/c1-21(2)16(22)12-26-15-9-5-4-8-14(15)17(23)20-13-19(18(24)25)10-6-3-7-11-19/h4-5,8-9H,3,6-7,10-13H2,1-2H3,(H,20,23)(H,24,25). The van der Waals surface area contributed by atoms with Gasteiger partial charge in [-0.15, -0.1) is 0 Å². The van der Waals surface area contributed by atoms with E-state index in [2.05, 4.69) is 5.32 Å². The molecule has 0 saturated heterocycles. The van der Waals surface area contributed by atoms with Crippen LogP contribution in [0.5, 0.6) is 5.75 Å². The number of ether oxygens (including phenoxy) is 1. The summed E-state index contributed by atoms with van der Waals surface area (Å²) in [4.78, 5) is 37.4. The predicted octanol–water partition coefficient (Wildman–Crippen LogP) is 1.92. The van der Waals surface area contributed by atoms with Gasteiger partial charge in [0.2, 0.25) is 0 Å². The molecule has 0 radical (unpaired) electrons. The zero-order chi connectivity index (χ0) is 19.2. The van der Waals surface area contributed by atoms with Crippen LogP contribution in [0.3, 0.4) is 0 Å². The van der Waals surface area contributed by atoms with E-state index in [0.29, 0.717) is 18.6 Å². The van der Waals surface area contributed by atoms with E-state index >= 15 is 0 Å². The highest BCUT2D eigenvalue weighted by molar-refractivity contribution is 5.97. The summed E-state index contributed by atoms with van der Waals surface area (Å²) in [7, 11) is 3.25. The van der Waals surface area contributed by atoms with E-state index in [4.69, 9.17) is 4.74 Å². The molecule has 1 fully saturated rings. The maximum Gasteiger partial charge on any atom is 0.311 e. The fraction of sp³-hybridized carbons (Fsp3) is 0.526. The molecule has 1 aliphatic carbocycles. The number of para-hydroxylation sites is 1. The Balaban J connectivity index is 2.05. The van der Waals surface area contributed by atoms with Gasteiger partial charge in [-0.1, -0.05) is 31.4 Å². The van der Waals surface area contributed by atoms with Crippen LogP contribution in [0.15, 0.2) is 24.3 Å². The van der Waals surface area contributed by atoms with Crippen molar-refractivity contribution < 1.29 is 24.2 Å². The van der Waals surface area contributed by atoms with Gasteiger partial charge in [0, 0.05) is 20.6 Å². The molecule has 2 amide bonds. The van der Waals surface area contributed by atoms with Crippen molar-refractivity contribution in [3.05, 3.63) is 29.8 Å². The smallest absolute Gasteiger partial charge is 0.311 e. The molecule has 0 bridgehead atoms. The summed E-state index contributed by atoms with van der Waals surface area (Å²) >= 11 is 0. The summed E-state index contributed by atoms with van der Waals surface area (Å²) in [6.07, 6.45) is 3.87. The molecule has 7 nitrogen and oxygen atoms in total. The highest BCUT2D eigenvalue weighted by Gasteiger charge is 2.39. The molecule has 0 atom stereocenters. The molecule has 7 heteroatoms. The number of likely N-dealkylation sites (N-methyl/N-ethyl adjacent to an activating group) is 1. The number of carboxylic acid groups (broad SMARTS) is 1. The summed E-state index contributed by atoms with van der Waals surface area (Å²) in [5.74, 6) is -1.18. The lowest BCUT2D eigenvalue weighted by Gasteiger charge is -2.33. The molecule has 0 unspecified atom stereocenters. The topological polar surface area (TPSA) is 95.9 Å². The average Bonchev–Trinajstić information content (AvgIpc) is 2.64. The van der Waals surface area contributed by atoms with Gasteiger partial charge >= 0.3 is 5.97 Å². The molecule has 0 aliphatic heterocycles. The zero-order valence-electron chi connectivity index (χ0n) is 15.3. The maximum absolute atomic E-state index is 12.6. The third-order valence-corrected chi connectivity index (χ3v) is 4.83. The number of benzene rings is 1. The molecule has 0 heterocycles. The van der Waals surface area contributed by atoms with Gasteiger partial charge in [-0.05, 0) is 25.0 Å². The third-order valence-electron chi connectivity index (χ3n) is 4.83. The summed E-state index contributed by atoms with van der Waals surface area (Å²) in [6.45, 7) is -0.0809. The van der Waals surface area contributed by atoms with Crippen LogP contribution in [0.1, 0.15) is 42.5 Å². The average molecular weight is 362 g/mol. The Labute approximate surface area is 153 Å². The highest BCUT2D eigenvalue weighted by Crippen LogP contribution is 2.36. The Bertz CT molecular complexity index is 666. The van der Waals surface area contributed by atoms with Crippen molar-refractivity contribution in [2.24, 2.45) is 5.41 Å². The second kappa shape index (κ2) is 8.69. The Morgan fingerprint density at radius 3 is 2.42 bits per heavy atom. The number of hydrogen-bond acceptors (Lipinski definition) is 4. The Morgan fingerprint density at radius 2 is 1.81 bits per heavy atom. The molecule has 142 valence electrons. The number of nitrogens with zero attached hydrogens (tertiary/aromatic N) is 1. The van der Waals surface area contributed by atoms with E-state index in [1.54, 1.807) is 38.4 Å². The molecule has 2 N–H and O–H groups in total. The summed E-state index contributed by atoms with van der Waals surface area (Å²) < 4.78 is 5.48. The van der Waals surface area contributed by atoms with Crippen LogP contribution in [0.25, 0.3) is 0 Å². The van der Waals surface area contributed by atoms with Gasteiger partial charge in [-0.3, -0.25) is 14.4 Å². The van der Waals surface area contributed by atoms with Gasteiger partial charge in [0.25, 0.3) is 11.8 Å². The fourth-order valence-corrected chi connectivity index (χ4v) is 3.09. The summed E-state index contributed by atoms with van der Waals surface area (Å²) in [6, 6.07) is 6.62. The van der Waals surface area contributed by atoms with Gasteiger partial charge in [0.05, 0.1) is 11.0 Å². The molecule has 2 rings (SSSR count). The van der Waals surface area contributed by atoms with Crippen molar-refractivity contribution in [1.82, 2.24) is 10.2 Å². The van der Waals surface area contributed by atoms with Crippen LogP contribution in [0.4, 0.5) is 0 Å². The molecule has 1 aromatic carbocycles. The van der Waals surface area contributed by atoms with Crippen molar-refractivity contribution in [2.45, 2.75) is 32.1 Å². The second-order valence-corrected chi connectivity index (χ2v) is 6.90. The van der Waals surface area contributed by atoms with Crippen LogP contribution < -0.4 is 10.1 Å².